The van der Waals surface area contributed by atoms with Crippen LogP contribution in [0.1, 0.15) is 56.3 Å². The summed E-state index contributed by atoms with van der Waals surface area (Å²) in [6.45, 7) is 7.20. The molecule has 1 heterocycles. The molecule has 0 radical (unpaired) electrons. The Kier molecular flexibility index (Phi) is 3.42. The lowest BCUT2D eigenvalue weighted by Crippen LogP contribution is -2.10. The third kappa shape index (κ3) is 2.58. The van der Waals surface area contributed by atoms with Gasteiger partial charge in [-0.3, -0.25) is 0 Å². The van der Waals surface area contributed by atoms with Gasteiger partial charge in [0.25, 0.3) is 0 Å². The summed E-state index contributed by atoms with van der Waals surface area (Å²) in [5.41, 5.74) is 1.29. The quantitative estimate of drug-likeness (QED) is 0.761. The predicted octanol–water partition coefficient (Wildman–Crippen LogP) is 3.75. The van der Waals surface area contributed by atoms with Crippen LogP contribution in [-0.4, -0.2) is 11.6 Å². The first-order valence-electron chi connectivity index (χ1n) is 5.79. The summed E-state index contributed by atoms with van der Waals surface area (Å²) >= 11 is 1.76. The van der Waals surface area contributed by atoms with Gasteiger partial charge in [0, 0.05) is 17.9 Å². The molecule has 15 heavy (non-hydrogen) atoms. The number of thiazole rings is 1. The first kappa shape index (κ1) is 11.1. The third-order valence-electron chi connectivity index (χ3n) is 2.73. The van der Waals surface area contributed by atoms with Crippen LogP contribution in [0.4, 0.5) is 0 Å². The average Bonchev–Trinajstić information content (AvgIpc) is 2.94. The molecule has 1 aromatic heterocycles. The van der Waals surface area contributed by atoms with Crippen LogP contribution in [-0.2, 0) is 4.74 Å². The summed E-state index contributed by atoms with van der Waals surface area (Å²) in [7, 11) is 0. The highest BCUT2D eigenvalue weighted by Crippen LogP contribution is 2.41. The van der Waals surface area contributed by atoms with Crippen LogP contribution in [0.15, 0.2) is 5.38 Å². The minimum Gasteiger partial charge on any atom is -0.371 e. The molecule has 1 unspecified atom stereocenters. The molecule has 2 rings (SSSR count). The van der Waals surface area contributed by atoms with Gasteiger partial charge in [0.15, 0.2) is 0 Å². The lowest BCUT2D eigenvalue weighted by atomic mass is 10.1. The summed E-state index contributed by atoms with van der Waals surface area (Å²) < 4.78 is 5.75. The summed E-state index contributed by atoms with van der Waals surface area (Å²) in [5, 5.41) is 3.37. The molecule has 1 aromatic rings. The van der Waals surface area contributed by atoms with E-state index in [-0.39, 0.29) is 6.10 Å². The van der Waals surface area contributed by atoms with Gasteiger partial charge in [-0.1, -0.05) is 13.8 Å². The van der Waals surface area contributed by atoms with Crippen LogP contribution in [0.5, 0.6) is 0 Å². The molecule has 1 aliphatic rings. The lowest BCUT2D eigenvalue weighted by molar-refractivity contribution is 0.0292. The number of hydrogen-bond acceptors (Lipinski definition) is 3. The molecule has 84 valence electrons. The standard InChI is InChI=1S/C12H19NOS/c1-4-14-11(8(2)3)12-13-10(7-15-12)9-5-6-9/h7-9,11H,4-6H2,1-3H3. The second kappa shape index (κ2) is 4.62. The molecule has 2 nitrogen and oxygen atoms in total. The van der Waals surface area contributed by atoms with Crippen molar-refractivity contribution in [3.63, 3.8) is 0 Å². The number of hydrogen-bond donors (Lipinski definition) is 0. The molecule has 0 amide bonds. The van der Waals surface area contributed by atoms with Crippen molar-refractivity contribution in [1.29, 1.82) is 0 Å². The van der Waals surface area contributed by atoms with Crippen molar-refractivity contribution < 1.29 is 4.74 Å². The fourth-order valence-electron chi connectivity index (χ4n) is 1.73. The Hall–Kier alpha value is -0.410. The van der Waals surface area contributed by atoms with Crippen molar-refractivity contribution in [3.05, 3.63) is 16.1 Å². The lowest BCUT2D eigenvalue weighted by Gasteiger charge is -2.17. The second-order valence-electron chi connectivity index (χ2n) is 4.50. The van der Waals surface area contributed by atoms with Gasteiger partial charge in [0.1, 0.15) is 11.1 Å². The molecule has 0 bridgehead atoms. The maximum atomic E-state index is 5.75. The van der Waals surface area contributed by atoms with Crippen LogP contribution in [0, 0.1) is 5.92 Å². The molecule has 1 aliphatic carbocycles. The van der Waals surface area contributed by atoms with E-state index < -0.39 is 0 Å². The molecule has 0 saturated heterocycles. The highest BCUT2D eigenvalue weighted by Gasteiger charge is 2.28. The summed E-state index contributed by atoms with van der Waals surface area (Å²) in [4.78, 5) is 4.71. The van der Waals surface area contributed by atoms with Crippen molar-refractivity contribution in [1.82, 2.24) is 4.98 Å². The second-order valence-corrected chi connectivity index (χ2v) is 5.39. The van der Waals surface area contributed by atoms with Gasteiger partial charge in [-0.2, -0.15) is 0 Å². The number of nitrogens with zero attached hydrogens (tertiary/aromatic N) is 1. The zero-order valence-corrected chi connectivity index (χ0v) is 10.5. The molecule has 0 aliphatic heterocycles. The third-order valence-corrected chi connectivity index (χ3v) is 3.65. The largest absolute Gasteiger partial charge is 0.371 e. The van der Waals surface area contributed by atoms with Gasteiger partial charge in [-0.25, -0.2) is 4.98 Å². The smallest absolute Gasteiger partial charge is 0.122 e. The van der Waals surface area contributed by atoms with E-state index in [0.29, 0.717) is 5.92 Å². The van der Waals surface area contributed by atoms with Crippen LogP contribution in [0.3, 0.4) is 0 Å². The normalized spacial score (nSPS) is 18.4. The van der Waals surface area contributed by atoms with Crippen LogP contribution >= 0.6 is 11.3 Å². The predicted molar refractivity (Wildman–Crippen MR) is 63.3 cm³/mol. The van der Waals surface area contributed by atoms with Gasteiger partial charge in [0.2, 0.25) is 0 Å². The van der Waals surface area contributed by atoms with Gasteiger partial charge in [0.05, 0.1) is 5.69 Å². The number of ether oxygens (including phenoxy) is 1. The zero-order valence-electron chi connectivity index (χ0n) is 9.69. The Morgan fingerprint density at radius 3 is 2.80 bits per heavy atom. The van der Waals surface area contributed by atoms with Crippen LogP contribution in [0.2, 0.25) is 0 Å². The van der Waals surface area contributed by atoms with E-state index in [1.165, 1.54) is 18.5 Å². The van der Waals surface area contributed by atoms with E-state index in [0.717, 1.165) is 17.5 Å². The molecule has 1 saturated carbocycles. The fraction of sp³-hybridized carbons (Fsp3) is 0.750. The molecule has 1 atom stereocenters. The monoisotopic (exact) mass is 225 g/mol. The Labute approximate surface area is 95.7 Å². The minimum atomic E-state index is 0.187. The Bertz CT molecular complexity index is 317. The number of aromatic nitrogens is 1. The van der Waals surface area contributed by atoms with Crippen molar-refractivity contribution in [3.8, 4) is 0 Å². The first-order valence-corrected chi connectivity index (χ1v) is 6.67. The highest BCUT2D eigenvalue weighted by molar-refractivity contribution is 7.09. The van der Waals surface area contributed by atoms with Crippen molar-refractivity contribution >= 4 is 11.3 Å². The van der Waals surface area contributed by atoms with E-state index in [4.69, 9.17) is 9.72 Å². The first-order chi connectivity index (χ1) is 7.22. The molecule has 0 spiro atoms. The Morgan fingerprint density at radius 2 is 2.27 bits per heavy atom. The van der Waals surface area contributed by atoms with E-state index in [1.807, 2.05) is 6.92 Å². The SMILES string of the molecule is CCOC(c1nc(C2CC2)cs1)C(C)C. The topological polar surface area (TPSA) is 22.1 Å². The summed E-state index contributed by atoms with van der Waals surface area (Å²) in [6.07, 6.45) is 2.83. The average molecular weight is 225 g/mol. The Morgan fingerprint density at radius 1 is 1.53 bits per heavy atom. The van der Waals surface area contributed by atoms with Crippen molar-refractivity contribution in [2.24, 2.45) is 5.92 Å². The maximum absolute atomic E-state index is 5.75. The minimum absolute atomic E-state index is 0.187. The maximum Gasteiger partial charge on any atom is 0.122 e. The van der Waals surface area contributed by atoms with E-state index in [1.54, 1.807) is 11.3 Å². The summed E-state index contributed by atoms with van der Waals surface area (Å²) in [6, 6.07) is 0. The molecule has 3 heteroatoms. The van der Waals surface area contributed by atoms with Crippen LogP contribution in [0.25, 0.3) is 0 Å². The summed E-state index contributed by atoms with van der Waals surface area (Å²) in [5.74, 6) is 1.26. The molecule has 1 fully saturated rings. The van der Waals surface area contributed by atoms with Crippen LogP contribution < -0.4 is 0 Å². The molecule has 0 aromatic carbocycles. The molecule has 0 N–H and O–H groups in total. The Balaban J connectivity index is 2.10. The zero-order chi connectivity index (χ0) is 10.8. The van der Waals surface area contributed by atoms with E-state index >= 15 is 0 Å². The van der Waals surface area contributed by atoms with Gasteiger partial charge in [-0.05, 0) is 25.7 Å². The van der Waals surface area contributed by atoms with Gasteiger partial charge < -0.3 is 4.74 Å². The van der Waals surface area contributed by atoms with E-state index in [9.17, 15) is 0 Å². The van der Waals surface area contributed by atoms with Crippen molar-refractivity contribution in [2.75, 3.05) is 6.61 Å². The molecular weight excluding hydrogens is 206 g/mol. The van der Waals surface area contributed by atoms with Gasteiger partial charge >= 0.3 is 0 Å². The van der Waals surface area contributed by atoms with Gasteiger partial charge in [-0.15, -0.1) is 11.3 Å². The fourth-order valence-corrected chi connectivity index (χ4v) is 2.85. The number of rotatable bonds is 5. The van der Waals surface area contributed by atoms with Crippen molar-refractivity contribution in [2.45, 2.75) is 45.6 Å². The highest BCUT2D eigenvalue weighted by atomic mass is 32.1. The van der Waals surface area contributed by atoms with E-state index in [2.05, 4.69) is 19.2 Å². The molecular formula is C12H19NOS.